The van der Waals surface area contributed by atoms with E-state index in [2.05, 4.69) is 10.3 Å². The fourth-order valence-electron chi connectivity index (χ4n) is 2.01. The van der Waals surface area contributed by atoms with E-state index in [1.165, 1.54) is 25.0 Å². The van der Waals surface area contributed by atoms with Gasteiger partial charge in [0.2, 0.25) is 0 Å². The average molecular weight is 263 g/mol. The highest BCUT2D eigenvalue weighted by molar-refractivity contribution is 5.19. The molecular formula is C14H15F2N3. The SMILES string of the molecule is Fc1ccc(Cn2ccnc2CNC2CC2)c(F)c1. The van der Waals surface area contributed by atoms with Gasteiger partial charge in [-0.15, -0.1) is 0 Å². The van der Waals surface area contributed by atoms with Crippen molar-refractivity contribution in [3.05, 3.63) is 53.6 Å². The second-order valence-electron chi connectivity index (χ2n) is 4.86. The van der Waals surface area contributed by atoms with E-state index in [1.54, 1.807) is 6.20 Å². The van der Waals surface area contributed by atoms with Gasteiger partial charge in [-0.1, -0.05) is 6.07 Å². The van der Waals surface area contributed by atoms with E-state index in [9.17, 15) is 8.78 Å². The van der Waals surface area contributed by atoms with Gasteiger partial charge >= 0.3 is 0 Å². The summed E-state index contributed by atoms with van der Waals surface area (Å²) in [6.07, 6.45) is 5.94. The summed E-state index contributed by atoms with van der Waals surface area (Å²) in [7, 11) is 0. The lowest BCUT2D eigenvalue weighted by Crippen LogP contribution is -2.19. The van der Waals surface area contributed by atoms with Crippen LogP contribution in [0.25, 0.3) is 0 Å². The molecule has 1 saturated carbocycles. The lowest BCUT2D eigenvalue weighted by Gasteiger charge is -2.09. The number of nitrogens with one attached hydrogen (secondary N) is 1. The molecule has 5 heteroatoms. The molecular weight excluding hydrogens is 248 g/mol. The van der Waals surface area contributed by atoms with Gasteiger partial charge in [-0.05, 0) is 18.9 Å². The lowest BCUT2D eigenvalue weighted by molar-refractivity contribution is 0.558. The summed E-state index contributed by atoms with van der Waals surface area (Å²) in [6, 6.07) is 4.27. The van der Waals surface area contributed by atoms with Gasteiger partial charge in [-0.3, -0.25) is 0 Å². The van der Waals surface area contributed by atoms with Crippen molar-refractivity contribution in [3.8, 4) is 0 Å². The molecule has 1 aliphatic carbocycles. The number of nitrogens with zero attached hydrogens (tertiary/aromatic N) is 2. The minimum absolute atomic E-state index is 0.369. The smallest absolute Gasteiger partial charge is 0.131 e. The van der Waals surface area contributed by atoms with Gasteiger partial charge < -0.3 is 9.88 Å². The van der Waals surface area contributed by atoms with Crippen LogP contribution in [0.4, 0.5) is 8.78 Å². The molecule has 19 heavy (non-hydrogen) atoms. The van der Waals surface area contributed by atoms with Crippen molar-refractivity contribution in [1.29, 1.82) is 0 Å². The van der Waals surface area contributed by atoms with Crippen LogP contribution in [0.5, 0.6) is 0 Å². The van der Waals surface area contributed by atoms with Gasteiger partial charge in [0.15, 0.2) is 0 Å². The topological polar surface area (TPSA) is 29.9 Å². The predicted molar refractivity (Wildman–Crippen MR) is 67.5 cm³/mol. The molecule has 0 amide bonds. The first-order valence-corrected chi connectivity index (χ1v) is 6.40. The van der Waals surface area contributed by atoms with E-state index in [4.69, 9.17) is 0 Å². The number of aromatic nitrogens is 2. The maximum atomic E-state index is 13.6. The molecule has 1 aliphatic rings. The van der Waals surface area contributed by atoms with Crippen molar-refractivity contribution in [2.24, 2.45) is 0 Å². The number of hydrogen-bond acceptors (Lipinski definition) is 2. The van der Waals surface area contributed by atoms with Gasteiger partial charge in [0, 0.05) is 30.1 Å². The molecule has 2 aromatic rings. The number of imidazole rings is 1. The summed E-state index contributed by atoms with van der Waals surface area (Å²) in [5.74, 6) is -0.201. The van der Waals surface area contributed by atoms with Crippen molar-refractivity contribution in [2.75, 3.05) is 0 Å². The van der Waals surface area contributed by atoms with Crippen LogP contribution in [0.15, 0.2) is 30.6 Å². The molecule has 3 rings (SSSR count). The van der Waals surface area contributed by atoms with Crippen LogP contribution in [-0.4, -0.2) is 15.6 Å². The van der Waals surface area contributed by atoms with Crippen molar-refractivity contribution in [2.45, 2.75) is 32.0 Å². The van der Waals surface area contributed by atoms with E-state index in [1.807, 2.05) is 10.8 Å². The van der Waals surface area contributed by atoms with E-state index >= 15 is 0 Å². The van der Waals surface area contributed by atoms with Crippen LogP contribution in [0.2, 0.25) is 0 Å². The first-order valence-electron chi connectivity index (χ1n) is 6.40. The molecule has 0 spiro atoms. The summed E-state index contributed by atoms with van der Waals surface area (Å²) in [6.45, 7) is 1.05. The Morgan fingerprint density at radius 3 is 2.89 bits per heavy atom. The molecule has 0 unspecified atom stereocenters. The van der Waals surface area contributed by atoms with Crippen LogP contribution in [-0.2, 0) is 13.1 Å². The Kier molecular flexibility index (Phi) is 3.29. The van der Waals surface area contributed by atoms with Crippen molar-refractivity contribution >= 4 is 0 Å². The fraction of sp³-hybridized carbons (Fsp3) is 0.357. The highest BCUT2D eigenvalue weighted by Gasteiger charge is 2.20. The monoisotopic (exact) mass is 263 g/mol. The third-order valence-electron chi connectivity index (χ3n) is 3.28. The predicted octanol–water partition coefficient (Wildman–Crippen LogP) is 2.46. The molecule has 3 nitrogen and oxygen atoms in total. The minimum Gasteiger partial charge on any atom is -0.329 e. The fourth-order valence-corrected chi connectivity index (χ4v) is 2.01. The third-order valence-corrected chi connectivity index (χ3v) is 3.28. The Hall–Kier alpha value is -1.75. The molecule has 0 radical (unpaired) electrons. The molecule has 0 aliphatic heterocycles. The van der Waals surface area contributed by atoms with E-state index in [0.717, 1.165) is 11.9 Å². The van der Waals surface area contributed by atoms with E-state index < -0.39 is 11.6 Å². The van der Waals surface area contributed by atoms with Crippen LogP contribution in [0.1, 0.15) is 24.2 Å². The van der Waals surface area contributed by atoms with Gasteiger partial charge in [-0.2, -0.15) is 0 Å². The summed E-state index contributed by atoms with van der Waals surface area (Å²) >= 11 is 0. The summed E-state index contributed by atoms with van der Waals surface area (Å²) in [5, 5.41) is 3.37. The van der Waals surface area contributed by atoms with Crippen LogP contribution >= 0.6 is 0 Å². The number of rotatable bonds is 5. The normalized spacial score (nSPS) is 14.8. The van der Waals surface area contributed by atoms with Crippen molar-refractivity contribution in [1.82, 2.24) is 14.9 Å². The largest absolute Gasteiger partial charge is 0.329 e. The summed E-state index contributed by atoms with van der Waals surface area (Å²) in [4.78, 5) is 4.26. The maximum absolute atomic E-state index is 13.6. The van der Waals surface area contributed by atoms with Crippen LogP contribution in [0.3, 0.4) is 0 Å². The van der Waals surface area contributed by atoms with Crippen LogP contribution < -0.4 is 5.32 Å². The highest BCUT2D eigenvalue weighted by Crippen LogP contribution is 2.19. The standard InChI is InChI=1S/C14H15F2N3/c15-11-2-1-10(13(16)7-11)9-19-6-5-17-14(19)8-18-12-3-4-12/h1-2,5-7,12,18H,3-4,8-9H2. The van der Waals surface area contributed by atoms with Crippen molar-refractivity contribution < 1.29 is 8.78 Å². The van der Waals surface area contributed by atoms with Gasteiger partial charge in [-0.25, -0.2) is 13.8 Å². The zero-order chi connectivity index (χ0) is 13.2. The lowest BCUT2D eigenvalue weighted by atomic mass is 10.2. The molecule has 1 aromatic carbocycles. The number of benzene rings is 1. The third kappa shape index (κ3) is 2.98. The quantitative estimate of drug-likeness (QED) is 0.898. The summed E-state index contributed by atoms with van der Waals surface area (Å²) < 4.78 is 28.3. The van der Waals surface area contributed by atoms with Crippen molar-refractivity contribution in [3.63, 3.8) is 0 Å². The average Bonchev–Trinajstić information content (AvgIpc) is 3.11. The number of halogens is 2. The second kappa shape index (κ2) is 5.09. The molecule has 0 bridgehead atoms. The Morgan fingerprint density at radius 2 is 2.16 bits per heavy atom. The van der Waals surface area contributed by atoms with E-state index in [0.29, 0.717) is 24.7 Å². The molecule has 1 heterocycles. The molecule has 0 saturated heterocycles. The Balaban J connectivity index is 1.73. The van der Waals surface area contributed by atoms with E-state index in [-0.39, 0.29) is 0 Å². The molecule has 1 fully saturated rings. The zero-order valence-corrected chi connectivity index (χ0v) is 10.4. The van der Waals surface area contributed by atoms with Gasteiger partial charge in [0.25, 0.3) is 0 Å². The zero-order valence-electron chi connectivity index (χ0n) is 10.4. The molecule has 1 N–H and O–H groups in total. The Labute approximate surface area is 110 Å². The first kappa shape index (κ1) is 12.3. The minimum atomic E-state index is -0.553. The Morgan fingerprint density at radius 1 is 1.32 bits per heavy atom. The first-order chi connectivity index (χ1) is 9.22. The summed E-state index contributed by atoms with van der Waals surface area (Å²) in [5.41, 5.74) is 0.465. The highest BCUT2D eigenvalue weighted by atomic mass is 19.1. The van der Waals surface area contributed by atoms with Gasteiger partial charge in [0.1, 0.15) is 17.5 Å². The number of hydrogen-bond donors (Lipinski definition) is 1. The maximum Gasteiger partial charge on any atom is 0.131 e. The molecule has 1 aromatic heterocycles. The molecule has 0 atom stereocenters. The second-order valence-corrected chi connectivity index (χ2v) is 4.86. The Bertz CT molecular complexity index is 576. The van der Waals surface area contributed by atoms with Gasteiger partial charge in [0.05, 0.1) is 13.1 Å². The molecule has 100 valence electrons. The van der Waals surface area contributed by atoms with Crippen LogP contribution in [0, 0.1) is 11.6 Å².